The maximum Gasteiger partial charge on any atom is 0.334 e. The highest BCUT2D eigenvalue weighted by molar-refractivity contribution is 5.90. The zero-order valence-electron chi connectivity index (χ0n) is 16.5. The van der Waals surface area contributed by atoms with Gasteiger partial charge < -0.3 is 29.5 Å². The third-order valence-corrected chi connectivity index (χ3v) is 4.02. The van der Waals surface area contributed by atoms with E-state index in [1.54, 1.807) is 12.1 Å². The van der Waals surface area contributed by atoms with Gasteiger partial charge in [-0.05, 0) is 12.5 Å². The van der Waals surface area contributed by atoms with Crippen LogP contribution in [0, 0.1) is 5.92 Å². The minimum Gasteiger partial charge on any atom is -0.478 e. The van der Waals surface area contributed by atoms with Crippen molar-refractivity contribution in [2.75, 3.05) is 33.0 Å². The van der Waals surface area contributed by atoms with E-state index in [0.29, 0.717) is 0 Å². The molecule has 2 unspecified atom stereocenters. The Hall–Kier alpha value is -2.52. The van der Waals surface area contributed by atoms with E-state index in [-0.39, 0.29) is 44.2 Å². The summed E-state index contributed by atoms with van der Waals surface area (Å²) in [6.07, 6.45) is 0.392. The number of carboxylic acid groups (broad SMARTS) is 1. The van der Waals surface area contributed by atoms with Gasteiger partial charge in [0.2, 0.25) is 0 Å². The summed E-state index contributed by atoms with van der Waals surface area (Å²) in [5, 5.41) is 27.6. The summed E-state index contributed by atoms with van der Waals surface area (Å²) in [6, 6.07) is 9.07. The molecule has 1 aromatic rings. The van der Waals surface area contributed by atoms with Crippen LogP contribution in [-0.4, -0.2) is 66.4 Å². The third-order valence-electron chi connectivity index (χ3n) is 4.02. The molecule has 2 atom stereocenters. The van der Waals surface area contributed by atoms with Crippen molar-refractivity contribution in [3.8, 4) is 0 Å². The Morgan fingerprint density at radius 2 is 1.83 bits per heavy atom. The van der Waals surface area contributed by atoms with E-state index in [4.69, 9.17) is 24.4 Å². The average Bonchev–Trinajstić information content (AvgIpc) is 2.73. The average molecular weight is 408 g/mol. The molecule has 0 aliphatic rings. The van der Waals surface area contributed by atoms with Crippen molar-refractivity contribution in [2.45, 2.75) is 19.6 Å². The van der Waals surface area contributed by atoms with E-state index in [0.717, 1.165) is 5.56 Å². The molecule has 0 amide bonds. The number of carboxylic acids is 1. The van der Waals surface area contributed by atoms with Crippen LogP contribution in [0.3, 0.4) is 0 Å². The number of aliphatic carboxylic acids is 1. The number of aliphatic hydroxyl groups excluding tert-OH is 2. The number of rotatable bonds is 14. The highest BCUT2D eigenvalue weighted by Crippen LogP contribution is 2.22. The van der Waals surface area contributed by atoms with Crippen LogP contribution < -0.4 is 0 Å². The summed E-state index contributed by atoms with van der Waals surface area (Å²) in [6.45, 7) is 4.93. The monoisotopic (exact) mass is 408 g/mol. The smallest absolute Gasteiger partial charge is 0.334 e. The van der Waals surface area contributed by atoms with Crippen LogP contribution in [0.25, 0.3) is 0 Å². The minimum atomic E-state index is -1.16. The van der Waals surface area contributed by atoms with Crippen molar-refractivity contribution < 1.29 is 39.1 Å². The van der Waals surface area contributed by atoms with Crippen molar-refractivity contribution in [3.63, 3.8) is 0 Å². The second-order valence-corrected chi connectivity index (χ2v) is 6.20. The number of aliphatic hydroxyl groups is 2. The fourth-order valence-electron chi connectivity index (χ4n) is 2.42. The standard InChI is InChI=1S/C21H28O8/c1-15(20(24)25)12-18(19(13-23)28-11-10-27-9-8-22)16(2)21(26)29-14-17-6-4-3-5-7-17/h3-7,12,18-19,22-23H,2,8-11,13-14H2,1H3,(H,24,25). The molecule has 160 valence electrons. The molecule has 1 rings (SSSR count). The SMILES string of the molecule is C=C(C(=O)OCc1ccccc1)C(C=C(C)C(=O)O)C(CO)OCCOCCO. The number of hydrogen-bond acceptors (Lipinski definition) is 7. The van der Waals surface area contributed by atoms with Crippen LogP contribution in [0.1, 0.15) is 12.5 Å². The molecule has 3 N–H and O–H groups in total. The Morgan fingerprint density at radius 1 is 1.14 bits per heavy atom. The number of hydrogen-bond donors (Lipinski definition) is 3. The maximum atomic E-state index is 12.5. The molecule has 0 radical (unpaired) electrons. The largest absolute Gasteiger partial charge is 0.478 e. The molecule has 0 saturated heterocycles. The highest BCUT2D eigenvalue weighted by atomic mass is 16.5. The Balaban J connectivity index is 2.85. The second-order valence-electron chi connectivity index (χ2n) is 6.20. The first-order valence-corrected chi connectivity index (χ1v) is 9.13. The van der Waals surface area contributed by atoms with Crippen LogP contribution >= 0.6 is 0 Å². The molecule has 1 aromatic carbocycles. The quantitative estimate of drug-likeness (QED) is 0.239. The Morgan fingerprint density at radius 3 is 2.41 bits per heavy atom. The molecule has 0 heterocycles. The van der Waals surface area contributed by atoms with Crippen molar-refractivity contribution in [2.24, 2.45) is 5.92 Å². The van der Waals surface area contributed by atoms with Gasteiger partial charge in [0.25, 0.3) is 0 Å². The molecular formula is C21H28O8. The molecule has 0 aliphatic carbocycles. The van der Waals surface area contributed by atoms with Crippen LogP contribution in [0.5, 0.6) is 0 Å². The van der Waals surface area contributed by atoms with Crippen LogP contribution in [0.15, 0.2) is 54.1 Å². The number of carbonyl (C=O) groups excluding carboxylic acids is 1. The van der Waals surface area contributed by atoms with Gasteiger partial charge in [-0.1, -0.05) is 43.0 Å². The molecule has 0 saturated carbocycles. The Bertz CT molecular complexity index is 683. The zero-order chi connectivity index (χ0) is 21.6. The van der Waals surface area contributed by atoms with Gasteiger partial charge in [0.05, 0.1) is 39.1 Å². The molecule has 0 spiro atoms. The summed E-state index contributed by atoms with van der Waals surface area (Å²) >= 11 is 0. The summed E-state index contributed by atoms with van der Waals surface area (Å²) in [4.78, 5) is 23.7. The van der Waals surface area contributed by atoms with E-state index >= 15 is 0 Å². The molecule has 8 nitrogen and oxygen atoms in total. The summed E-state index contributed by atoms with van der Waals surface area (Å²) in [7, 11) is 0. The van der Waals surface area contributed by atoms with Crippen LogP contribution in [-0.2, 0) is 30.4 Å². The highest BCUT2D eigenvalue weighted by Gasteiger charge is 2.28. The molecule has 8 heteroatoms. The van der Waals surface area contributed by atoms with Gasteiger partial charge >= 0.3 is 11.9 Å². The lowest BCUT2D eigenvalue weighted by Gasteiger charge is -2.25. The van der Waals surface area contributed by atoms with Gasteiger partial charge in [-0.3, -0.25) is 0 Å². The first-order valence-electron chi connectivity index (χ1n) is 9.13. The molecule has 0 aliphatic heterocycles. The Kier molecular flexibility index (Phi) is 11.5. The fraction of sp³-hybridized carbons (Fsp3) is 0.429. The van der Waals surface area contributed by atoms with E-state index in [9.17, 15) is 14.7 Å². The minimum absolute atomic E-state index is 0.0226. The molecular weight excluding hydrogens is 380 g/mol. The zero-order valence-corrected chi connectivity index (χ0v) is 16.5. The lowest BCUT2D eigenvalue weighted by Crippen LogP contribution is -2.32. The molecule has 0 aromatic heterocycles. The van der Waals surface area contributed by atoms with Gasteiger partial charge in [-0.2, -0.15) is 0 Å². The van der Waals surface area contributed by atoms with E-state index < -0.39 is 30.6 Å². The maximum absolute atomic E-state index is 12.5. The summed E-state index contributed by atoms with van der Waals surface area (Å²) < 4.78 is 15.9. The van der Waals surface area contributed by atoms with E-state index in [1.165, 1.54) is 13.0 Å². The lowest BCUT2D eigenvalue weighted by atomic mass is 9.92. The number of benzene rings is 1. The Labute approximate surface area is 170 Å². The predicted octanol–water partition coefficient (Wildman–Crippen LogP) is 1.32. The molecule has 0 fully saturated rings. The summed E-state index contributed by atoms with van der Waals surface area (Å²) in [5.41, 5.74) is 0.737. The molecule has 29 heavy (non-hydrogen) atoms. The third kappa shape index (κ3) is 9.01. The van der Waals surface area contributed by atoms with Gasteiger partial charge in [0.15, 0.2) is 0 Å². The van der Waals surface area contributed by atoms with Gasteiger partial charge in [0.1, 0.15) is 6.61 Å². The first kappa shape index (κ1) is 24.5. The first-order chi connectivity index (χ1) is 13.9. The van der Waals surface area contributed by atoms with E-state index in [1.807, 2.05) is 18.2 Å². The van der Waals surface area contributed by atoms with Crippen molar-refractivity contribution in [3.05, 3.63) is 59.7 Å². The normalized spacial score (nSPS) is 13.6. The lowest BCUT2D eigenvalue weighted by molar-refractivity contribution is -0.141. The van der Waals surface area contributed by atoms with Gasteiger partial charge in [0, 0.05) is 17.1 Å². The molecule has 0 bridgehead atoms. The number of esters is 1. The predicted molar refractivity (Wildman–Crippen MR) is 105 cm³/mol. The number of carbonyl (C=O) groups is 2. The van der Waals surface area contributed by atoms with Crippen LogP contribution in [0.2, 0.25) is 0 Å². The number of ether oxygens (including phenoxy) is 3. The van der Waals surface area contributed by atoms with Gasteiger partial charge in [-0.25, -0.2) is 9.59 Å². The fourth-order valence-corrected chi connectivity index (χ4v) is 2.42. The van der Waals surface area contributed by atoms with E-state index in [2.05, 4.69) is 6.58 Å². The summed E-state index contributed by atoms with van der Waals surface area (Å²) in [5.74, 6) is -2.78. The van der Waals surface area contributed by atoms with Crippen molar-refractivity contribution in [1.82, 2.24) is 0 Å². The van der Waals surface area contributed by atoms with Crippen LogP contribution in [0.4, 0.5) is 0 Å². The van der Waals surface area contributed by atoms with Crippen molar-refractivity contribution in [1.29, 1.82) is 0 Å². The van der Waals surface area contributed by atoms with Crippen molar-refractivity contribution >= 4 is 11.9 Å². The van der Waals surface area contributed by atoms with Gasteiger partial charge in [-0.15, -0.1) is 0 Å². The second kappa shape index (κ2) is 13.6. The topological polar surface area (TPSA) is 123 Å².